The van der Waals surface area contributed by atoms with E-state index >= 15 is 0 Å². The Morgan fingerprint density at radius 2 is 1.86 bits per heavy atom. The predicted molar refractivity (Wildman–Crippen MR) is 85.3 cm³/mol. The van der Waals surface area contributed by atoms with Gasteiger partial charge >= 0.3 is 0 Å². The fourth-order valence-electron chi connectivity index (χ4n) is 3.52. The minimum atomic E-state index is -0.351. The Balaban J connectivity index is 1.48. The fourth-order valence-corrected chi connectivity index (χ4v) is 3.52. The summed E-state index contributed by atoms with van der Waals surface area (Å²) in [5.41, 5.74) is 1.24. The highest BCUT2D eigenvalue weighted by atomic mass is 16.6. The number of benzene rings is 1. The normalized spacial score (nSPS) is 20.9. The van der Waals surface area contributed by atoms with E-state index in [9.17, 15) is 10.1 Å². The molecular formula is C16H23N3O3. The molecule has 120 valence electrons. The molecule has 22 heavy (non-hydrogen) atoms. The largest absolute Gasteiger partial charge is 0.384 e. The standard InChI is InChI=1S/C16H23N3O3/c1-22-12-13-10-18(11-13)15-6-8-17(9-7-15)14-2-4-16(5-3-14)19(20)21/h2-5,13,15H,6-12H2,1H3. The lowest BCUT2D eigenvalue weighted by Crippen LogP contribution is -2.56. The monoisotopic (exact) mass is 305 g/mol. The number of methoxy groups -OCH3 is 1. The number of likely N-dealkylation sites (tertiary alicyclic amines) is 1. The maximum atomic E-state index is 10.7. The van der Waals surface area contributed by atoms with Gasteiger partial charge in [0.25, 0.3) is 5.69 Å². The average molecular weight is 305 g/mol. The van der Waals surface area contributed by atoms with Gasteiger partial charge in [-0.15, -0.1) is 0 Å². The van der Waals surface area contributed by atoms with E-state index in [0.29, 0.717) is 12.0 Å². The lowest BCUT2D eigenvalue weighted by molar-refractivity contribution is -0.384. The van der Waals surface area contributed by atoms with Crippen molar-refractivity contribution >= 4 is 11.4 Å². The number of nitrogens with zero attached hydrogens (tertiary/aromatic N) is 3. The molecule has 3 rings (SSSR count). The molecule has 0 spiro atoms. The van der Waals surface area contributed by atoms with Crippen molar-refractivity contribution in [1.29, 1.82) is 0 Å². The number of nitro benzene ring substituents is 1. The number of ether oxygens (including phenoxy) is 1. The molecule has 2 fully saturated rings. The van der Waals surface area contributed by atoms with Crippen LogP contribution in [0.1, 0.15) is 12.8 Å². The molecule has 2 aliphatic heterocycles. The van der Waals surface area contributed by atoms with Crippen molar-refractivity contribution in [2.24, 2.45) is 5.92 Å². The van der Waals surface area contributed by atoms with Gasteiger partial charge in [-0.1, -0.05) is 0 Å². The zero-order valence-electron chi connectivity index (χ0n) is 13.0. The van der Waals surface area contributed by atoms with Gasteiger partial charge in [0.05, 0.1) is 11.5 Å². The van der Waals surface area contributed by atoms with E-state index in [2.05, 4.69) is 9.80 Å². The molecule has 6 heteroatoms. The summed E-state index contributed by atoms with van der Waals surface area (Å²) in [6, 6.07) is 7.58. The summed E-state index contributed by atoms with van der Waals surface area (Å²) in [7, 11) is 1.77. The zero-order valence-corrected chi connectivity index (χ0v) is 13.0. The second-order valence-electron chi connectivity index (χ2n) is 6.27. The molecule has 0 saturated carbocycles. The molecule has 0 unspecified atom stereocenters. The van der Waals surface area contributed by atoms with Gasteiger partial charge in [0.2, 0.25) is 0 Å². The molecule has 0 N–H and O–H groups in total. The Hall–Kier alpha value is -1.66. The van der Waals surface area contributed by atoms with Crippen LogP contribution in [0, 0.1) is 16.0 Å². The molecule has 0 aliphatic carbocycles. The first kappa shape index (κ1) is 15.2. The van der Waals surface area contributed by atoms with Crippen molar-refractivity contribution in [2.75, 3.05) is 44.8 Å². The molecule has 2 heterocycles. The van der Waals surface area contributed by atoms with E-state index in [-0.39, 0.29) is 10.6 Å². The number of nitro groups is 1. The molecule has 1 aromatic rings. The lowest BCUT2D eigenvalue weighted by Gasteiger charge is -2.47. The van der Waals surface area contributed by atoms with Crippen LogP contribution in [0.5, 0.6) is 0 Å². The van der Waals surface area contributed by atoms with Crippen LogP contribution in [0.3, 0.4) is 0 Å². The van der Waals surface area contributed by atoms with Gasteiger partial charge in [-0.2, -0.15) is 0 Å². The van der Waals surface area contributed by atoms with Gasteiger partial charge in [0.15, 0.2) is 0 Å². The predicted octanol–water partition coefficient (Wildman–Crippen LogP) is 2.14. The Kier molecular flexibility index (Phi) is 4.59. The van der Waals surface area contributed by atoms with Gasteiger partial charge in [0, 0.05) is 63.1 Å². The van der Waals surface area contributed by atoms with E-state index in [1.165, 1.54) is 0 Å². The Bertz CT molecular complexity index is 506. The van der Waals surface area contributed by atoms with Crippen molar-refractivity contribution < 1.29 is 9.66 Å². The first-order chi connectivity index (χ1) is 10.7. The van der Waals surface area contributed by atoms with Gasteiger partial charge in [-0.3, -0.25) is 15.0 Å². The summed E-state index contributed by atoms with van der Waals surface area (Å²) in [4.78, 5) is 15.2. The molecule has 1 aromatic carbocycles. The van der Waals surface area contributed by atoms with E-state index in [0.717, 1.165) is 51.3 Å². The number of hydrogen-bond acceptors (Lipinski definition) is 5. The van der Waals surface area contributed by atoms with Crippen LogP contribution in [0.25, 0.3) is 0 Å². The second-order valence-corrected chi connectivity index (χ2v) is 6.27. The average Bonchev–Trinajstić information content (AvgIpc) is 2.51. The summed E-state index contributed by atoms with van der Waals surface area (Å²) in [5.74, 6) is 0.706. The van der Waals surface area contributed by atoms with Crippen LogP contribution < -0.4 is 4.90 Å². The quantitative estimate of drug-likeness (QED) is 0.616. The SMILES string of the molecule is COCC1CN(C2CCN(c3ccc([N+](=O)[O-])cc3)CC2)C1. The van der Waals surface area contributed by atoms with Gasteiger partial charge < -0.3 is 9.64 Å². The molecular weight excluding hydrogens is 282 g/mol. The zero-order chi connectivity index (χ0) is 15.5. The third-order valence-corrected chi connectivity index (χ3v) is 4.79. The number of anilines is 1. The minimum absolute atomic E-state index is 0.156. The van der Waals surface area contributed by atoms with E-state index in [1.54, 1.807) is 19.2 Å². The highest BCUT2D eigenvalue weighted by Crippen LogP contribution is 2.28. The molecule has 0 atom stereocenters. The first-order valence-corrected chi connectivity index (χ1v) is 7.90. The highest BCUT2D eigenvalue weighted by molar-refractivity contribution is 5.51. The van der Waals surface area contributed by atoms with Gasteiger partial charge in [-0.25, -0.2) is 0 Å². The Labute approximate surface area is 130 Å². The number of non-ortho nitro benzene ring substituents is 1. The highest BCUT2D eigenvalue weighted by Gasteiger charge is 2.33. The van der Waals surface area contributed by atoms with E-state index < -0.39 is 0 Å². The van der Waals surface area contributed by atoms with Crippen LogP contribution in [0.4, 0.5) is 11.4 Å². The van der Waals surface area contributed by atoms with Crippen LogP contribution in [0.2, 0.25) is 0 Å². The molecule has 0 radical (unpaired) electrons. The topological polar surface area (TPSA) is 58.8 Å². The summed E-state index contributed by atoms with van der Waals surface area (Å²) < 4.78 is 5.20. The number of rotatable bonds is 5. The van der Waals surface area contributed by atoms with Gasteiger partial charge in [0.1, 0.15) is 0 Å². The summed E-state index contributed by atoms with van der Waals surface area (Å²) in [5, 5.41) is 10.7. The number of hydrogen-bond donors (Lipinski definition) is 0. The van der Waals surface area contributed by atoms with Crippen molar-refractivity contribution in [3.05, 3.63) is 34.4 Å². The van der Waals surface area contributed by atoms with Crippen LogP contribution in [-0.2, 0) is 4.74 Å². The van der Waals surface area contributed by atoms with Crippen LogP contribution >= 0.6 is 0 Å². The van der Waals surface area contributed by atoms with Crippen molar-refractivity contribution in [3.63, 3.8) is 0 Å². The van der Waals surface area contributed by atoms with Crippen molar-refractivity contribution in [3.8, 4) is 0 Å². The minimum Gasteiger partial charge on any atom is -0.384 e. The van der Waals surface area contributed by atoms with Crippen molar-refractivity contribution in [1.82, 2.24) is 4.90 Å². The van der Waals surface area contributed by atoms with E-state index in [4.69, 9.17) is 4.74 Å². The fraction of sp³-hybridized carbons (Fsp3) is 0.625. The molecule has 6 nitrogen and oxygen atoms in total. The molecule has 0 amide bonds. The Morgan fingerprint density at radius 3 is 2.41 bits per heavy atom. The summed E-state index contributed by atoms with van der Waals surface area (Å²) in [6.45, 7) is 5.24. The van der Waals surface area contributed by atoms with Crippen molar-refractivity contribution in [2.45, 2.75) is 18.9 Å². The molecule has 0 aromatic heterocycles. The Morgan fingerprint density at radius 1 is 1.23 bits per heavy atom. The molecule has 2 saturated heterocycles. The smallest absolute Gasteiger partial charge is 0.269 e. The van der Waals surface area contributed by atoms with E-state index in [1.807, 2.05) is 12.1 Å². The van der Waals surface area contributed by atoms with Gasteiger partial charge in [-0.05, 0) is 25.0 Å². The lowest BCUT2D eigenvalue weighted by atomic mass is 9.93. The second kappa shape index (κ2) is 6.62. The maximum absolute atomic E-state index is 10.7. The molecule has 0 bridgehead atoms. The first-order valence-electron chi connectivity index (χ1n) is 7.90. The molecule has 2 aliphatic rings. The number of piperidine rings is 1. The van der Waals surface area contributed by atoms with Crippen LogP contribution in [-0.4, -0.2) is 55.8 Å². The summed E-state index contributed by atoms with van der Waals surface area (Å²) >= 11 is 0. The third kappa shape index (κ3) is 3.23. The van der Waals surface area contributed by atoms with Crippen LogP contribution in [0.15, 0.2) is 24.3 Å². The summed E-state index contributed by atoms with van der Waals surface area (Å²) in [6.07, 6.45) is 2.33. The third-order valence-electron chi connectivity index (χ3n) is 4.79. The maximum Gasteiger partial charge on any atom is 0.269 e.